The van der Waals surface area contributed by atoms with E-state index >= 15 is 0 Å². The zero-order chi connectivity index (χ0) is 12.0. The SMILES string of the molecule is C#CCCCN1CCCC1(CCC)C(=O)O. The van der Waals surface area contributed by atoms with Gasteiger partial charge in [0.1, 0.15) is 5.54 Å². The second-order valence-electron chi connectivity index (χ2n) is 4.49. The molecule has 0 bridgehead atoms. The quantitative estimate of drug-likeness (QED) is 0.554. The smallest absolute Gasteiger partial charge is 0.324 e. The maximum atomic E-state index is 11.5. The molecular formula is C13H21NO2. The summed E-state index contributed by atoms with van der Waals surface area (Å²) in [4.78, 5) is 13.6. The molecule has 0 aliphatic carbocycles. The van der Waals surface area contributed by atoms with E-state index in [2.05, 4.69) is 10.8 Å². The van der Waals surface area contributed by atoms with Crippen LogP contribution in [0, 0.1) is 12.3 Å². The molecule has 0 radical (unpaired) electrons. The maximum Gasteiger partial charge on any atom is 0.324 e. The van der Waals surface area contributed by atoms with Crippen LogP contribution >= 0.6 is 0 Å². The van der Waals surface area contributed by atoms with Gasteiger partial charge in [-0.05, 0) is 32.2 Å². The van der Waals surface area contributed by atoms with Gasteiger partial charge in [-0.2, -0.15) is 0 Å². The Labute approximate surface area is 97.8 Å². The molecule has 1 aliphatic rings. The first kappa shape index (κ1) is 13.1. The summed E-state index contributed by atoms with van der Waals surface area (Å²) in [6.07, 6.45) is 10.3. The molecule has 0 spiro atoms. The van der Waals surface area contributed by atoms with Crippen molar-refractivity contribution in [1.29, 1.82) is 0 Å². The standard InChI is InChI=1S/C13H21NO2/c1-3-5-6-10-14-11-7-9-13(14,8-4-2)12(15)16/h1H,4-11H2,2H3,(H,15,16). The van der Waals surface area contributed by atoms with Crippen molar-refractivity contribution in [3.8, 4) is 12.3 Å². The van der Waals surface area contributed by atoms with E-state index in [-0.39, 0.29) is 0 Å². The molecule has 1 N–H and O–H groups in total. The number of carboxylic acid groups (broad SMARTS) is 1. The zero-order valence-corrected chi connectivity index (χ0v) is 10.0. The predicted molar refractivity (Wildman–Crippen MR) is 64.1 cm³/mol. The van der Waals surface area contributed by atoms with Crippen molar-refractivity contribution in [2.45, 2.75) is 51.0 Å². The number of carbonyl (C=O) groups is 1. The Morgan fingerprint density at radius 3 is 2.94 bits per heavy atom. The first-order chi connectivity index (χ1) is 7.67. The Morgan fingerprint density at radius 2 is 2.38 bits per heavy atom. The van der Waals surface area contributed by atoms with Gasteiger partial charge in [0.05, 0.1) is 0 Å². The van der Waals surface area contributed by atoms with Gasteiger partial charge in [0.25, 0.3) is 0 Å². The van der Waals surface area contributed by atoms with Gasteiger partial charge in [-0.1, -0.05) is 13.3 Å². The molecule has 1 unspecified atom stereocenters. The van der Waals surface area contributed by atoms with Gasteiger partial charge in [-0.15, -0.1) is 12.3 Å². The van der Waals surface area contributed by atoms with Gasteiger partial charge in [-0.3, -0.25) is 9.69 Å². The van der Waals surface area contributed by atoms with Crippen molar-refractivity contribution < 1.29 is 9.90 Å². The monoisotopic (exact) mass is 223 g/mol. The van der Waals surface area contributed by atoms with Crippen molar-refractivity contribution in [1.82, 2.24) is 4.90 Å². The molecule has 0 aromatic heterocycles. The number of terminal acetylenes is 1. The highest BCUT2D eigenvalue weighted by Crippen LogP contribution is 2.34. The number of nitrogens with zero attached hydrogens (tertiary/aromatic N) is 1. The topological polar surface area (TPSA) is 40.5 Å². The van der Waals surface area contributed by atoms with Crippen LogP contribution in [0.15, 0.2) is 0 Å². The van der Waals surface area contributed by atoms with Crippen molar-refractivity contribution in [2.24, 2.45) is 0 Å². The van der Waals surface area contributed by atoms with Crippen molar-refractivity contribution in [3.05, 3.63) is 0 Å². The van der Waals surface area contributed by atoms with Gasteiger partial charge < -0.3 is 5.11 Å². The molecule has 1 rings (SSSR count). The van der Waals surface area contributed by atoms with E-state index in [0.717, 1.165) is 51.6 Å². The first-order valence-corrected chi connectivity index (χ1v) is 6.09. The molecule has 1 atom stereocenters. The van der Waals surface area contributed by atoms with E-state index in [1.165, 1.54) is 0 Å². The lowest BCUT2D eigenvalue weighted by Crippen LogP contribution is -2.50. The van der Waals surface area contributed by atoms with E-state index < -0.39 is 11.5 Å². The second kappa shape index (κ2) is 5.91. The number of carboxylic acids is 1. The summed E-state index contributed by atoms with van der Waals surface area (Å²) in [7, 11) is 0. The molecular weight excluding hydrogens is 202 g/mol. The van der Waals surface area contributed by atoms with E-state index in [9.17, 15) is 9.90 Å². The van der Waals surface area contributed by atoms with Gasteiger partial charge in [0, 0.05) is 13.0 Å². The minimum absolute atomic E-state index is 0.608. The average molecular weight is 223 g/mol. The van der Waals surface area contributed by atoms with Crippen LogP contribution in [-0.2, 0) is 4.79 Å². The van der Waals surface area contributed by atoms with Gasteiger partial charge in [-0.25, -0.2) is 0 Å². The molecule has 0 aromatic rings. The molecule has 3 heteroatoms. The maximum absolute atomic E-state index is 11.5. The minimum Gasteiger partial charge on any atom is -0.480 e. The van der Waals surface area contributed by atoms with Gasteiger partial charge >= 0.3 is 5.97 Å². The average Bonchev–Trinajstić information content (AvgIpc) is 2.64. The summed E-state index contributed by atoms with van der Waals surface area (Å²) >= 11 is 0. The Balaban J connectivity index is 2.66. The van der Waals surface area contributed by atoms with E-state index in [1.54, 1.807) is 0 Å². The van der Waals surface area contributed by atoms with E-state index in [1.807, 2.05) is 6.92 Å². The molecule has 1 heterocycles. The first-order valence-electron chi connectivity index (χ1n) is 6.09. The lowest BCUT2D eigenvalue weighted by atomic mass is 9.90. The normalized spacial score (nSPS) is 25.5. The molecule has 0 amide bonds. The highest BCUT2D eigenvalue weighted by Gasteiger charge is 2.46. The molecule has 1 saturated heterocycles. The van der Waals surface area contributed by atoms with Crippen LogP contribution in [0.4, 0.5) is 0 Å². The van der Waals surface area contributed by atoms with Crippen molar-refractivity contribution in [3.63, 3.8) is 0 Å². The highest BCUT2D eigenvalue weighted by molar-refractivity contribution is 5.79. The Morgan fingerprint density at radius 1 is 1.62 bits per heavy atom. The van der Waals surface area contributed by atoms with Crippen molar-refractivity contribution in [2.75, 3.05) is 13.1 Å². The van der Waals surface area contributed by atoms with Gasteiger partial charge in [0.15, 0.2) is 0 Å². The molecule has 0 saturated carbocycles. The lowest BCUT2D eigenvalue weighted by molar-refractivity contribution is -0.150. The number of rotatable bonds is 6. The van der Waals surface area contributed by atoms with Crippen molar-refractivity contribution >= 4 is 5.97 Å². The molecule has 1 fully saturated rings. The molecule has 90 valence electrons. The molecule has 16 heavy (non-hydrogen) atoms. The van der Waals surface area contributed by atoms with Gasteiger partial charge in [0.2, 0.25) is 0 Å². The number of unbranched alkanes of at least 4 members (excludes halogenated alkanes) is 1. The van der Waals surface area contributed by atoms with Crippen LogP contribution in [-0.4, -0.2) is 34.6 Å². The Hall–Kier alpha value is -1.01. The van der Waals surface area contributed by atoms with Crippen LogP contribution in [0.2, 0.25) is 0 Å². The summed E-state index contributed by atoms with van der Waals surface area (Å²) in [5.74, 6) is 1.95. The number of hydrogen-bond acceptors (Lipinski definition) is 2. The Kier molecular flexibility index (Phi) is 4.82. The highest BCUT2D eigenvalue weighted by atomic mass is 16.4. The number of likely N-dealkylation sites (tertiary alicyclic amines) is 1. The lowest BCUT2D eigenvalue weighted by Gasteiger charge is -2.34. The van der Waals surface area contributed by atoms with E-state index in [4.69, 9.17) is 6.42 Å². The van der Waals surface area contributed by atoms with Crippen LogP contribution in [0.25, 0.3) is 0 Å². The van der Waals surface area contributed by atoms with E-state index in [0.29, 0.717) is 0 Å². The van der Waals surface area contributed by atoms with Crippen LogP contribution in [0.3, 0.4) is 0 Å². The fraction of sp³-hybridized carbons (Fsp3) is 0.769. The van der Waals surface area contributed by atoms with Crippen LogP contribution in [0.1, 0.15) is 45.4 Å². The molecule has 1 aliphatic heterocycles. The summed E-state index contributed by atoms with van der Waals surface area (Å²) in [5, 5.41) is 9.44. The second-order valence-corrected chi connectivity index (χ2v) is 4.49. The zero-order valence-electron chi connectivity index (χ0n) is 10.0. The Bertz CT molecular complexity index is 282. The van der Waals surface area contributed by atoms with Crippen LogP contribution < -0.4 is 0 Å². The fourth-order valence-corrected chi connectivity index (χ4v) is 2.68. The third kappa shape index (κ3) is 2.56. The summed E-state index contributed by atoms with van der Waals surface area (Å²) < 4.78 is 0. The summed E-state index contributed by atoms with van der Waals surface area (Å²) in [6, 6.07) is 0. The molecule has 3 nitrogen and oxygen atoms in total. The molecule has 0 aromatic carbocycles. The fourth-order valence-electron chi connectivity index (χ4n) is 2.68. The number of hydrogen-bond donors (Lipinski definition) is 1. The summed E-state index contributed by atoms with van der Waals surface area (Å²) in [5.41, 5.74) is -0.608. The summed E-state index contributed by atoms with van der Waals surface area (Å²) in [6.45, 7) is 3.76. The largest absolute Gasteiger partial charge is 0.480 e. The van der Waals surface area contributed by atoms with Crippen LogP contribution in [0.5, 0.6) is 0 Å². The third-order valence-corrected chi connectivity index (χ3v) is 3.43. The minimum atomic E-state index is -0.660. The third-order valence-electron chi connectivity index (χ3n) is 3.43. The number of aliphatic carboxylic acids is 1. The predicted octanol–water partition coefficient (Wildman–Crippen LogP) is 2.12.